The highest BCUT2D eigenvalue weighted by Crippen LogP contribution is 2.26. The van der Waals surface area contributed by atoms with Crippen molar-refractivity contribution >= 4 is 33.0 Å². The van der Waals surface area contributed by atoms with Crippen LogP contribution in [-0.2, 0) is 9.84 Å². The molecule has 0 bridgehead atoms. The van der Waals surface area contributed by atoms with Gasteiger partial charge in [-0.2, -0.15) is 0 Å². The Bertz CT molecular complexity index is 1100. The number of carbonyl (C=O) groups excluding carboxylic acids is 1. The average molecular weight is 488 g/mol. The fraction of sp³-hybridized carbons (Fsp3) is 0.400. The van der Waals surface area contributed by atoms with Gasteiger partial charge in [0, 0.05) is 44.3 Å². The number of halogens is 1. The molecule has 0 radical (unpaired) electrons. The fourth-order valence-corrected chi connectivity index (χ4v) is 6.53. The zero-order chi connectivity index (χ0) is 23.3. The summed E-state index contributed by atoms with van der Waals surface area (Å²) in [6.45, 7) is 3.90. The Labute approximate surface area is 201 Å². The molecule has 4 rings (SSSR count). The first-order chi connectivity index (χ1) is 15.9. The second kappa shape index (κ2) is 10.7. The van der Waals surface area contributed by atoms with Gasteiger partial charge in [-0.15, -0.1) is 0 Å². The summed E-state index contributed by atoms with van der Waals surface area (Å²) in [7, 11) is -3.54. The quantitative estimate of drug-likeness (QED) is 0.666. The molecule has 1 atom stereocenters. The van der Waals surface area contributed by atoms with Crippen molar-refractivity contribution in [1.29, 1.82) is 0 Å². The Morgan fingerprint density at radius 2 is 1.91 bits per heavy atom. The van der Waals surface area contributed by atoms with Gasteiger partial charge in [-0.3, -0.25) is 4.90 Å². The number of hydrogen-bond donors (Lipinski definition) is 1. The predicted molar refractivity (Wildman–Crippen MR) is 132 cm³/mol. The molecular formula is C25H30ClN3O3S. The first kappa shape index (κ1) is 23.8. The number of rotatable bonds is 6. The molecule has 1 saturated heterocycles. The molecule has 2 aromatic carbocycles. The first-order valence-electron chi connectivity index (χ1n) is 11.4. The molecule has 33 heavy (non-hydrogen) atoms. The lowest BCUT2D eigenvalue weighted by atomic mass is 10.00. The lowest BCUT2D eigenvalue weighted by Crippen LogP contribution is -2.50. The van der Waals surface area contributed by atoms with Crippen molar-refractivity contribution in [1.82, 2.24) is 15.1 Å². The molecule has 2 aliphatic heterocycles. The third kappa shape index (κ3) is 5.96. The minimum Gasteiger partial charge on any atom is -0.337 e. The van der Waals surface area contributed by atoms with Gasteiger partial charge in [-0.1, -0.05) is 54.1 Å². The van der Waals surface area contributed by atoms with Crippen molar-refractivity contribution in [3.8, 4) is 0 Å². The van der Waals surface area contributed by atoms with E-state index in [-0.39, 0.29) is 17.5 Å². The maximum atomic E-state index is 13.0. The van der Waals surface area contributed by atoms with Crippen LogP contribution in [0.5, 0.6) is 0 Å². The number of carbonyl (C=O) groups is 1. The minimum atomic E-state index is -3.54. The highest BCUT2D eigenvalue weighted by Gasteiger charge is 2.33. The van der Waals surface area contributed by atoms with Crippen LogP contribution in [0.1, 0.15) is 24.8 Å². The van der Waals surface area contributed by atoms with Crippen molar-refractivity contribution in [3.63, 3.8) is 0 Å². The number of benzene rings is 2. The topological polar surface area (TPSA) is 69.7 Å². The molecule has 2 aromatic rings. The number of amides is 2. The highest BCUT2D eigenvalue weighted by molar-refractivity contribution is 7.92. The number of hydrogen-bond acceptors (Lipinski definition) is 4. The van der Waals surface area contributed by atoms with Crippen LogP contribution >= 0.6 is 11.6 Å². The third-order valence-corrected chi connectivity index (χ3v) is 8.78. The summed E-state index contributed by atoms with van der Waals surface area (Å²) in [4.78, 5) is 16.9. The summed E-state index contributed by atoms with van der Waals surface area (Å²) < 4.78 is 26.1. The number of piperidine rings is 1. The van der Waals surface area contributed by atoms with Gasteiger partial charge in [-0.25, -0.2) is 13.2 Å². The Balaban J connectivity index is 1.26. The van der Waals surface area contributed by atoms with E-state index in [9.17, 15) is 13.2 Å². The van der Waals surface area contributed by atoms with Crippen LogP contribution in [0.2, 0.25) is 5.02 Å². The van der Waals surface area contributed by atoms with Crippen LogP contribution in [0, 0.1) is 0 Å². The number of nitrogens with one attached hydrogen (secondary N) is 1. The van der Waals surface area contributed by atoms with Gasteiger partial charge in [0.1, 0.15) is 0 Å². The van der Waals surface area contributed by atoms with E-state index >= 15 is 0 Å². The van der Waals surface area contributed by atoms with E-state index in [1.54, 1.807) is 23.1 Å². The number of sulfone groups is 1. The summed E-state index contributed by atoms with van der Waals surface area (Å²) in [6, 6.07) is 16.6. The van der Waals surface area contributed by atoms with Gasteiger partial charge in [0.05, 0.1) is 10.1 Å². The van der Waals surface area contributed by atoms with E-state index in [1.807, 2.05) is 6.07 Å². The van der Waals surface area contributed by atoms with Crippen LogP contribution < -0.4 is 5.32 Å². The van der Waals surface area contributed by atoms with Crippen molar-refractivity contribution < 1.29 is 13.2 Å². The van der Waals surface area contributed by atoms with E-state index < -0.39 is 15.1 Å². The highest BCUT2D eigenvalue weighted by atomic mass is 35.5. The van der Waals surface area contributed by atoms with E-state index in [1.165, 1.54) is 17.2 Å². The van der Waals surface area contributed by atoms with Crippen molar-refractivity contribution in [2.24, 2.45) is 0 Å². The maximum Gasteiger partial charge on any atom is 0.317 e. The number of likely N-dealkylation sites (tertiary alicyclic amines) is 1. The standard InChI is InChI=1S/C25H30ClN3O3S/c26-22-8-4-9-23(18-22)33(31,32)24-10-5-14-29(19-24)25(30)27-13-17-28-15-11-21(12-16-28)20-6-2-1-3-7-20/h1-4,6-9,11,18,24H,5,10,12-17,19H2,(H,27,30). The van der Waals surface area contributed by atoms with Gasteiger partial charge in [0.2, 0.25) is 0 Å². The molecule has 6 nitrogen and oxygen atoms in total. The van der Waals surface area contributed by atoms with Gasteiger partial charge in [0.15, 0.2) is 9.84 Å². The first-order valence-corrected chi connectivity index (χ1v) is 13.3. The third-order valence-electron chi connectivity index (χ3n) is 6.37. The largest absolute Gasteiger partial charge is 0.337 e. The molecule has 2 aliphatic rings. The van der Waals surface area contributed by atoms with Crippen molar-refractivity contribution in [2.45, 2.75) is 29.4 Å². The average Bonchev–Trinajstić information content (AvgIpc) is 2.85. The molecule has 8 heteroatoms. The molecule has 176 valence electrons. The van der Waals surface area contributed by atoms with E-state index in [0.717, 1.165) is 26.1 Å². The normalized spacial score (nSPS) is 19.7. The summed E-state index contributed by atoms with van der Waals surface area (Å²) in [5.74, 6) is 0. The lowest BCUT2D eigenvalue weighted by molar-refractivity contribution is 0.185. The lowest BCUT2D eigenvalue weighted by Gasteiger charge is -2.33. The van der Waals surface area contributed by atoms with Crippen LogP contribution in [0.3, 0.4) is 0 Å². The zero-order valence-electron chi connectivity index (χ0n) is 18.6. The Morgan fingerprint density at radius 3 is 2.64 bits per heavy atom. The molecule has 1 N–H and O–H groups in total. The van der Waals surface area contributed by atoms with E-state index in [2.05, 4.69) is 40.6 Å². The maximum absolute atomic E-state index is 13.0. The van der Waals surface area contributed by atoms with Crippen LogP contribution in [0.15, 0.2) is 65.6 Å². The van der Waals surface area contributed by atoms with Gasteiger partial charge >= 0.3 is 6.03 Å². The molecule has 1 unspecified atom stereocenters. The molecule has 0 spiro atoms. The number of nitrogens with zero attached hydrogens (tertiary/aromatic N) is 2. The van der Waals surface area contributed by atoms with Crippen LogP contribution in [-0.4, -0.2) is 68.8 Å². The van der Waals surface area contributed by atoms with Gasteiger partial charge in [-0.05, 0) is 48.6 Å². The molecule has 0 aliphatic carbocycles. The van der Waals surface area contributed by atoms with E-state index in [0.29, 0.717) is 31.0 Å². The monoisotopic (exact) mass is 487 g/mol. The second-order valence-corrected chi connectivity index (χ2v) is 11.3. The van der Waals surface area contributed by atoms with Crippen LogP contribution in [0.4, 0.5) is 4.79 Å². The Morgan fingerprint density at radius 1 is 1.09 bits per heavy atom. The zero-order valence-corrected chi connectivity index (χ0v) is 20.2. The molecule has 1 fully saturated rings. The molecule has 0 saturated carbocycles. The van der Waals surface area contributed by atoms with Crippen molar-refractivity contribution in [3.05, 3.63) is 71.3 Å². The number of urea groups is 1. The SMILES string of the molecule is O=C(NCCN1CC=C(c2ccccc2)CC1)N1CCCC(S(=O)(=O)c2cccc(Cl)c2)C1. The van der Waals surface area contributed by atoms with Crippen molar-refractivity contribution in [2.75, 3.05) is 39.3 Å². The van der Waals surface area contributed by atoms with Crippen LogP contribution in [0.25, 0.3) is 5.57 Å². The molecule has 2 amide bonds. The van der Waals surface area contributed by atoms with Gasteiger partial charge in [0.25, 0.3) is 0 Å². The molecule has 2 heterocycles. The predicted octanol–water partition coefficient (Wildman–Crippen LogP) is 4.08. The minimum absolute atomic E-state index is 0.196. The Hall–Kier alpha value is -2.35. The second-order valence-electron chi connectivity index (χ2n) is 8.59. The molecular weight excluding hydrogens is 458 g/mol. The fourth-order valence-electron chi connectivity index (χ4n) is 4.47. The van der Waals surface area contributed by atoms with Gasteiger partial charge < -0.3 is 10.2 Å². The smallest absolute Gasteiger partial charge is 0.317 e. The van der Waals surface area contributed by atoms with E-state index in [4.69, 9.17) is 11.6 Å². The summed E-state index contributed by atoms with van der Waals surface area (Å²) in [5.41, 5.74) is 2.65. The summed E-state index contributed by atoms with van der Waals surface area (Å²) >= 11 is 5.98. The summed E-state index contributed by atoms with van der Waals surface area (Å²) in [5, 5.41) is 2.75. The summed E-state index contributed by atoms with van der Waals surface area (Å²) in [6.07, 6.45) is 4.46. The molecule has 0 aromatic heterocycles. The Kier molecular flexibility index (Phi) is 7.73.